The van der Waals surface area contributed by atoms with Gasteiger partial charge < -0.3 is 29.6 Å². The third-order valence-electron chi connectivity index (χ3n) is 6.18. The number of nitrogens with one attached hydrogen (secondary N) is 2. The summed E-state index contributed by atoms with van der Waals surface area (Å²) in [4.78, 5) is 49.2. The lowest BCUT2D eigenvalue weighted by molar-refractivity contribution is -0.130. The molecule has 2 bridgehead atoms. The number of aromatic nitrogens is 3. The van der Waals surface area contributed by atoms with Crippen molar-refractivity contribution >= 4 is 17.7 Å². The maximum atomic E-state index is 13.2. The molecule has 2 aromatic heterocycles. The average Bonchev–Trinajstić information content (AvgIpc) is 3.39. The van der Waals surface area contributed by atoms with Crippen molar-refractivity contribution in [1.29, 1.82) is 0 Å². The van der Waals surface area contributed by atoms with E-state index in [0.29, 0.717) is 30.4 Å². The molecule has 0 fully saturated rings. The van der Waals surface area contributed by atoms with Gasteiger partial charge >= 0.3 is 0 Å². The van der Waals surface area contributed by atoms with Crippen LogP contribution in [-0.2, 0) is 16.1 Å². The molecule has 1 aliphatic rings. The minimum Gasteiger partial charge on any atom is -0.493 e. The quantitative estimate of drug-likeness (QED) is 0.539. The number of rotatable bonds is 3. The van der Waals surface area contributed by atoms with E-state index in [4.69, 9.17) is 9.47 Å². The molecule has 0 saturated carbocycles. The molecule has 11 heteroatoms. The predicted molar refractivity (Wildman–Crippen MR) is 140 cm³/mol. The van der Waals surface area contributed by atoms with E-state index < -0.39 is 17.9 Å². The van der Waals surface area contributed by atoms with Gasteiger partial charge in [0.2, 0.25) is 11.8 Å². The van der Waals surface area contributed by atoms with Gasteiger partial charge in [0.15, 0.2) is 11.5 Å². The molecule has 0 aliphatic carbocycles. The molecule has 11 nitrogen and oxygen atoms in total. The molecule has 3 amide bonds. The van der Waals surface area contributed by atoms with Crippen LogP contribution in [0.4, 0.5) is 0 Å². The van der Waals surface area contributed by atoms with Gasteiger partial charge in [-0.15, -0.1) is 0 Å². The van der Waals surface area contributed by atoms with E-state index in [1.807, 2.05) is 36.7 Å². The van der Waals surface area contributed by atoms with Crippen LogP contribution in [0, 0.1) is 5.92 Å². The number of pyridine rings is 1. The number of ether oxygens (including phenoxy) is 2. The van der Waals surface area contributed by atoms with Gasteiger partial charge in [-0.05, 0) is 36.2 Å². The van der Waals surface area contributed by atoms with Gasteiger partial charge in [0.05, 0.1) is 13.7 Å². The Morgan fingerprint density at radius 2 is 1.97 bits per heavy atom. The van der Waals surface area contributed by atoms with Crippen LogP contribution in [0.2, 0.25) is 0 Å². The summed E-state index contributed by atoms with van der Waals surface area (Å²) in [5.74, 6) is 0.374. The summed E-state index contributed by atoms with van der Waals surface area (Å²) in [7, 11) is 1.55. The number of hydrogen-bond donors (Lipinski definition) is 2. The molecule has 2 N–H and O–H groups in total. The van der Waals surface area contributed by atoms with E-state index in [0.717, 1.165) is 5.56 Å². The van der Waals surface area contributed by atoms with Crippen molar-refractivity contribution in [2.45, 2.75) is 26.4 Å². The molecule has 200 valence electrons. The highest BCUT2D eigenvalue weighted by Gasteiger charge is 2.27. The zero-order valence-electron chi connectivity index (χ0n) is 21.7. The van der Waals surface area contributed by atoms with E-state index in [1.165, 1.54) is 11.1 Å². The fourth-order valence-corrected chi connectivity index (χ4v) is 4.18. The van der Waals surface area contributed by atoms with Gasteiger partial charge in [0.1, 0.15) is 30.7 Å². The highest BCUT2D eigenvalue weighted by atomic mass is 16.5. The molecule has 1 aliphatic heterocycles. The van der Waals surface area contributed by atoms with Crippen LogP contribution >= 0.6 is 0 Å². The molecule has 0 saturated heterocycles. The Morgan fingerprint density at radius 1 is 1.13 bits per heavy atom. The monoisotopic (exact) mass is 520 g/mol. The third-order valence-corrected chi connectivity index (χ3v) is 6.18. The van der Waals surface area contributed by atoms with Crippen molar-refractivity contribution in [2.24, 2.45) is 5.92 Å². The summed E-state index contributed by atoms with van der Waals surface area (Å²) in [6, 6.07) is 9.73. The number of benzene rings is 1. The van der Waals surface area contributed by atoms with Crippen molar-refractivity contribution < 1.29 is 23.9 Å². The lowest BCUT2D eigenvalue weighted by Crippen LogP contribution is -2.53. The van der Waals surface area contributed by atoms with E-state index in [2.05, 4.69) is 20.6 Å². The highest BCUT2D eigenvalue weighted by molar-refractivity contribution is 5.95. The molecule has 4 rings (SSSR count). The summed E-state index contributed by atoms with van der Waals surface area (Å²) in [5, 5.41) is 5.70. The van der Waals surface area contributed by atoms with Crippen LogP contribution in [0.25, 0.3) is 11.4 Å². The number of hydrogen-bond acceptors (Lipinski definition) is 7. The summed E-state index contributed by atoms with van der Waals surface area (Å²) in [5.41, 5.74) is 1.01. The molecular weight excluding hydrogens is 488 g/mol. The maximum absolute atomic E-state index is 13.2. The second kappa shape index (κ2) is 12.2. The molecule has 0 unspecified atom stereocenters. The fourth-order valence-electron chi connectivity index (χ4n) is 4.18. The first kappa shape index (κ1) is 26.6. The zero-order valence-corrected chi connectivity index (χ0v) is 21.7. The zero-order chi connectivity index (χ0) is 27.1. The van der Waals surface area contributed by atoms with Gasteiger partial charge in [-0.1, -0.05) is 19.9 Å². The Labute approximate surface area is 221 Å². The molecule has 0 spiro atoms. The summed E-state index contributed by atoms with van der Waals surface area (Å²) < 4.78 is 13.4. The van der Waals surface area contributed by atoms with Crippen molar-refractivity contribution in [3.05, 3.63) is 60.7 Å². The molecule has 1 aromatic carbocycles. The Kier molecular flexibility index (Phi) is 8.57. The SMILES string of the molecule is COc1ccc2cc1OCCN(C(=O)c1ccccn1)CC(=O)N[C@H](C(C)C)C(=O)NCCn1ccnc1-2. The Hall–Kier alpha value is -4.41. The first-order chi connectivity index (χ1) is 18.4. The first-order valence-electron chi connectivity index (χ1n) is 12.5. The number of nitrogens with zero attached hydrogens (tertiary/aromatic N) is 4. The Bertz CT molecular complexity index is 1280. The van der Waals surface area contributed by atoms with E-state index in [-0.39, 0.29) is 37.2 Å². The average molecular weight is 521 g/mol. The van der Waals surface area contributed by atoms with Crippen LogP contribution in [0.5, 0.6) is 11.5 Å². The fraction of sp³-hybridized carbons (Fsp3) is 0.370. The van der Waals surface area contributed by atoms with Gasteiger partial charge in [-0.2, -0.15) is 0 Å². The molecule has 38 heavy (non-hydrogen) atoms. The topological polar surface area (TPSA) is 128 Å². The first-order valence-corrected chi connectivity index (χ1v) is 12.5. The van der Waals surface area contributed by atoms with E-state index >= 15 is 0 Å². The van der Waals surface area contributed by atoms with Crippen molar-refractivity contribution in [3.8, 4) is 22.9 Å². The summed E-state index contributed by atoms with van der Waals surface area (Å²) in [6.07, 6.45) is 5.05. The standard InChI is InChI=1S/C27H32N6O5/c1-18(2)24-26(35)30-11-13-32-12-10-29-25(32)19-7-8-21(37-3)22(16-19)38-15-14-33(17-23(34)31-24)27(36)20-6-4-5-9-28-20/h4-10,12,16,18,24H,11,13-15,17H2,1-3H3,(H,30,35)(H,31,34)/t24-/m1/s1. The van der Waals surface area contributed by atoms with Crippen LogP contribution < -0.4 is 20.1 Å². The van der Waals surface area contributed by atoms with Gasteiger partial charge in [-0.3, -0.25) is 19.4 Å². The molecule has 0 radical (unpaired) electrons. The number of amides is 3. The molecule has 1 atom stereocenters. The minimum absolute atomic E-state index is 0.0915. The van der Waals surface area contributed by atoms with E-state index in [9.17, 15) is 14.4 Å². The van der Waals surface area contributed by atoms with Crippen LogP contribution in [0.3, 0.4) is 0 Å². The maximum Gasteiger partial charge on any atom is 0.273 e. The van der Waals surface area contributed by atoms with Gasteiger partial charge in [0, 0.05) is 37.2 Å². The van der Waals surface area contributed by atoms with Crippen molar-refractivity contribution in [1.82, 2.24) is 30.1 Å². The van der Waals surface area contributed by atoms with Crippen LogP contribution in [0.15, 0.2) is 55.0 Å². The van der Waals surface area contributed by atoms with Crippen LogP contribution in [-0.4, -0.2) is 76.5 Å². The predicted octanol–water partition coefficient (Wildman–Crippen LogP) is 1.75. The number of methoxy groups -OCH3 is 1. The molecular formula is C27H32N6O5. The largest absolute Gasteiger partial charge is 0.493 e. The normalized spacial score (nSPS) is 17.1. The number of carbonyl (C=O) groups excluding carboxylic acids is 3. The summed E-state index contributed by atoms with van der Waals surface area (Å²) in [6.45, 7) is 4.45. The van der Waals surface area contributed by atoms with Crippen LogP contribution in [0.1, 0.15) is 24.3 Å². The lowest BCUT2D eigenvalue weighted by atomic mass is 10.0. The number of imidazole rings is 1. The van der Waals surface area contributed by atoms with Crippen molar-refractivity contribution in [2.75, 3.05) is 33.4 Å². The number of carbonyl (C=O) groups is 3. The van der Waals surface area contributed by atoms with E-state index in [1.54, 1.807) is 37.6 Å². The van der Waals surface area contributed by atoms with Gasteiger partial charge in [0.25, 0.3) is 5.91 Å². The smallest absolute Gasteiger partial charge is 0.273 e. The second-order valence-corrected chi connectivity index (χ2v) is 9.18. The van der Waals surface area contributed by atoms with Crippen molar-refractivity contribution in [3.63, 3.8) is 0 Å². The molecule has 3 heterocycles. The Balaban J connectivity index is 1.66. The van der Waals surface area contributed by atoms with Gasteiger partial charge in [-0.25, -0.2) is 4.98 Å². The number of fused-ring (bicyclic) bond motifs is 4. The highest BCUT2D eigenvalue weighted by Crippen LogP contribution is 2.32. The minimum atomic E-state index is -0.761. The second-order valence-electron chi connectivity index (χ2n) is 9.18. The lowest BCUT2D eigenvalue weighted by Gasteiger charge is -2.25. The Morgan fingerprint density at radius 3 is 2.71 bits per heavy atom. The molecule has 3 aromatic rings. The third kappa shape index (κ3) is 6.28. The summed E-state index contributed by atoms with van der Waals surface area (Å²) >= 11 is 0.